The largest absolute Gasteiger partial charge is 0.286 e. The molecule has 0 spiro atoms. The molecule has 102 valence electrons. The van der Waals surface area contributed by atoms with Gasteiger partial charge in [0.15, 0.2) is 0 Å². The molecule has 1 saturated carbocycles. The second-order valence-electron chi connectivity index (χ2n) is 5.28. The summed E-state index contributed by atoms with van der Waals surface area (Å²) in [5, 5.41) is 3.63. The van der Waals surface area contributed by atoms with Crippen molar-refractivity contribution < 1.29 is 0 Å². The van der Waals surface area contributed by atoms with Crippen LogP contribution in [-0.4, -0.2) is 30.5 Å². The minimum absolute atomic E-state index is 0.129. The maximum absolute atomic E-state index is 3.63. The van der Waals surface area contributed by atoms with Crippen molar-refractivity contribution in [2.75, 3.05) is 14.1 Å². The fourth-order valence-corrected chi connectivity index (χ4v) is 5.69. The zero-order valence-electron chi connectivity index (χ0n) is 12.2. The van der Waals surface area contributed by atoms with Crippen LogP contribution in [0.1, 0.15) is 65.2 Å². The third-order valence-electron chi connectivity index (χ3n) is 4.11. The van der Waals surface area contributed by atoms with E-state index >= 15 is 0 Å². The Kier molecular flexibility index (Phi) is 7.66. The summed E-state index contributed by atoms with van der Waals surface area (Å²) in [6, 6.07) is 0.841. The van der Waals surface area contributed by atoms with E-state index in [0.717, 1.165) is 11.7 Å². The topological polar surface area (TPSA) is 15.3 Å². The second-order valence-corrected chi connectivity index (χ2v) is 7.78. The summed E-state index contributed by atoms with van der Waals surface area (Å²) in [5.74, 6) is 0. The first-order valence-electron chi connectivity index (χ1n) is 7.43. The van der Waals surface area contributed by atoms with Crippen molar-refractivity contribution in [2.45, 2.75) is 76.9 Å². The van der Waals surface area contributed by atoms with Gasteiger partial charge in [-0.05, 0) is 39.8 Å². The molecule has 0 aliphatic heterocycles. The molecule has 0 saturated heterocycles. The molecule has 0 bridgehead atoms. The molecule has 3 heteroatoms. The predicted octanol–water partition coefficient (Wildman–Crippen LogP) is 4.36. The molecule has 1 rings (SSSR count). The van der Waals surface area contributed by atoms with Crippen molar-refractivity contribution in [3.63, 3.8) is 0 Å². The van der Waals surface area contributed by atoms with Gasteiger partial charge in [-0.1, -0.05) is 39.5 Å². The zero-order chi connectivity index (χ0) is 12.7. The lowest BCUT2D eigenvalue weighted by molar-refractivity contribution is 0.293. The van der Waals surface area contributed by atoms with Crippen LogP contribution in [0.5, 0.6) is 0 Å². The van der Waals surface area contributed by atoms with Crippen molar-refractivity contribution in [2.24, 2.45) is 0 Å². The minimum Gasteiger partial charge on any atom is -0.286 e. The van der Waals surface area contributed by atoms with Crippen LogP contribution in [0.3, 0.4) is 0 Å². The van der Waals surface area contributed by atoms with Crippen LogP contribution < -0.4 is 5.09 Å². The quantitative estimate of drug-likeness (QED) is 0.682. The number of nitrogens with one attached hydrogen (secondary N) is 1. The van der Waals surface area contributed by atoms with E-state index in [1.54, 1.807) is 0 Å². The molecule has 1 aliphatic carbocycles. The predicted molar refractivity (Wildman–Crippen MR) is 79.6 cm³/mol. The van der Waals surface area contributed by atoms with E-state index in [1.165, 1.54) is 51.4 Å². The lowest BCUT2D eigenvalue weighted by atomic mass is 9.96. The van der Waals surface area contributed by atoms with Gasteiger partial charge >= 0.3 is 0 Å². The summed E-state index contributed by atoms with van der Waals surface area (Å²) in [6.45, 7) is 4.66. The molecule has 2 atom stereocenters. The highest BCUT2D eigenvalue weighted by atomic mass is 31.1. The van der Waals surface area contributed by atoms with E-state index in [0.29, 0.717) is 0 Å². The molecule has 17 heavy (non-hydrogen) atoms. The molecule has 0 amide bonds. The summed E-state index contributed by atoms with van der Waals surface area (Å²) in [6.07, 6.45) is 11.2. The minimum atomic E-state index is -0.129. The van der Waals surface area contributed by atoms with Crippen LogP contribution in [0.4, 0.5) is 0 Å². The Labute approximate surface area is 109 Å². The van der Waals surface area contributed by atoms with Crippen LogP contribution in [0.2, 0.25) is 0 Å². The van der Waals surface area contributed by atoms with E-state index in [2.05, 4.69) is 37.7 Å². The molecule has 0 aromatic rings. The van der Waals surface area contributed by atoms with Crippen molar-refractivity contribution in [3.05, 3.63) is 0 Å². The van der Waals surface area contributed by atoms with Crippen molar-refractivity contribution in [1.29, 1.82) is 0 Å². The number of hydrogen-bond donors (Lipinski definition) is 1. The number of rotatable bonds is 7. The van der Waals surface area contributed by atoms with Crippen LogP contribution in [-0.2, 0) is 0 Å². The first kappa shape index (κ1) is 15.4. The molecule has 1 fully saturated rings. The smallest absolute Gasteiger partial charge is 0.0396 e. The lowest BCUT2D eigenvalue weighted by Gasteiger charge is -2.40. The third kappa shape index (κ3) is 4.50. The van der Waals surface area contributed by atoms with Gasteiger partial charge in [-0.3, -0.25) is 9.76 Å². The Morgan fingerprint density at radius 1 is 1.24 bits per heavy atom. The van der Waals surface area contributed by atoms with Crippen LogP contribution >= 0.6 is 8.22 Å². The van der Waals surface area contributed by atoms with Gasteiger partial charge in [0.2, 0.25) is 0 Å². The molecule has 1 N–H and O–H groups in total. The first-order chi connectivity index (χ1) is 8.24. The zero-order valence-corrected chi connectivity index (χ0v) is 13.1. The highest BCUT2D eigenvalue weighted by Crippen LogP contribution is 2.46. The van der Waals surface area contributed by atoms with Gasteiger partial charge in [0, 0.05) is 19.9 Å². The summed E-state index contributed by atoms with van der Waals surface area (Å²) in [7, 11) is 4.39. The maximum Gasteiger partial charge on any atom is 0.0396 e. The Morgan fingerprint density at radius 2 is 1.88 bits per heavy atom. The maximum atomic E-state index is 3.63. The molecule has 0 heterocycles. The molecule has 1 aliphatic rings. The van der Waals surface area contributed by atoms with Crippen LogP contribution in [0, 0.1) is 0 Å². The summed E-state index contributed by atoms with van der Waals surface area (Å²) in [4.78, 5) is 0. The van der Waals surface area contributed by atoms with Crippen LogP contribution in [0.25, 0.3) is 0 Å². The Balaban J connectivity index is 2.56. The second kappa shape index (κ2) is 8.45. The van der Waals surface area contributed by atoms with E-state index in [-0.39, 0.29) is 8.22 Å². The monoisotopic (exact) mass is 258 g/mol. The Morgan fingerprint density at radius 3 is 2.35 bits per heavy atom. The Hall–Kier alpha value is 0.350. The standard InChI is InChI=1S/C14H31N2P/c1-5-10-14(6-2)17(15-3)16(4)13-11-8-7-9-12-13/h13-15H,5-12H2,1-4H3. The molecule has 0 aromatic carbocycles. The summed E-state index contributed by atoms with van der Waals surface area (Å²) >= 11 is 0. The van der Waals surface area contributed by atoms with Gasteiger partial charge in [-0.25, -0.2) is 0 Å². The van der Waals surface area contributed by atoms with E-state index < -0.39 is 0 Å². The third-order valence-corrected chi connectivity index (χ3v) is 6.89. The SMILES string of the molecule is CCCC(CC)P(NC)N(C)C1CCCCC1. The van der Waals surface area contributed by atoms with Gasteiger partial charge in [0.25, 0.3) is 0 Å². The van der Waals surface area contributed by atoms with Gasteiger partial charge in [0.1, 0.15) is 0 Å². The fraction of sp³-hybridized carbons (Fsp3) is 1.00. The van der Waals surface area contributed by atoms with E-state index in [1.807, 2.05) is 0 Å². The van der Waals surface area contributed by atoms with Gasteiger partial charge in [0.05, 0.1) is 0 Å². The Bertz CT molecular complexity index is 193. The van der Waals surface area contributed by atoms with Crippen LogP contribution in [0.15, 0.2) is 0 Å². The molecule has 0 radical (unpaired) electrons. The van der Waals surface area contributed by atoms with Crippen molar-refractivity contribution >= 4 is 8.22 Å². The molecule has 2 unspecified atom stereocenters. The lowest BCUT2D eigenvalue weighted by Crippen LogP contribution is -2.35. The van der Waals surface area contributed by atoms with Crippen molar-refractivity contribution in [3.8, 4) is 0 Å². The highest BCUT2D eigenvalue weighted by molar-refractivity contribution is 7.53. The fourth-order valence-electron chi connectivity index (χ4n) is 3.06. The van der Waals surface area contributed by atoms with Crippen molar-refractivity contribution in [1.82, 2.24) is 9.76 Å². The molecular formula is C14H31N2P. The molecule has 0 aromatic heterocycles. The van der Waals surface area contributed by atoms with E-state index in [9.17, 15) is 0 Å². The average Bonchev–Trinajstić information content (AvgIpc) is 2.39. The normalized spacial score (nSPS) is 21.7. The molecule has 2 nitrogen and oxygen atoms in total. The highest BCUT2D eigenvalue weighted by Gasteiger charge is 2.28. The number of nitrogens with zero attached hydrogens (tertiary/aromatic N) is 1. The average molecular weight is 258 g/mol. The van der Waals surface area contributed by atoms with E-state index in [4.69, 9.17) is 0 Å². The first-order valence-corrected chi connectivity index (χ1v) is 8.80. The molecular weight excluding hydrogens is 227 g/mol. The number of hydrogen-bond acceptors (Lipinski definition) is 2. The van der Waals surface area contributed by atoms with Gasteiger partial charge < -0.3 is 0 Å². The summed E-state index contributed by atoms with van der Waals surface area (Å²) < 4.78 is 2.69. The van der Waals surface area contributed by atoms with Gasteiger partial charge in [-0.2, -0.15) is 0 Å². The summed E-state index contributed by atoms with van der Waals surface area (Å²) in [5.41, 5.74) is 0.868. The van der Waals surface area contributed by atoms with Gasteiger partial charge in [-0.15, -0.1) is 0 Å².